The maximum absolute atomic E-state index is 13.0. The van der Waals surface area contributed by atoms with Crippen molar-refractivity contribution >= 4 is 19.2 Å². The Morgan fingerprint density at radius 2 is 1.69 bits per heavy atom. The molecule has 0 fully saturated rings. The van der Waals surface area contributed by atoms with Crippen molar-refractivity contribution in [2.75, 3.05) is 12.8 Å². The van der Waals surface area contributed by atoms with E-state index in [1.54, 1.807) is 26.0 Å². The Hall–Kier alpha value is -2.63. The molecule has 2 aromatic carbocycles. The maximum atomic E-state index is 13.0. The first kappa shape index (κ1) is 28.6. The highest BCUT2D eigenvalue weighted by molar-refractivity contribution is 7.57. The highest BCUT2D eigenvalue weighted by Crippen LogP contribution is 2.44. The van der Waals surface area contributed by atoms with Crippen LogP contribution >= 0.6 is 7.37 Å². The van der Waals surface area contributed by atoms with Gasteiger partial charge in [-0.15, -0.1) is 0 Å². The predicted octanol–water partition coefficient (Wildman–Crippen LogP) is 5.10. The number of phenols is 1. The summed E-state index contributed by atoms with van der Waals surface area (Å²) in [5.41, 5.74) is 4.79. The number of nitrogens with one attached hydrogen (secondary N) is 1. The third-order valence-corrected chi connectivity index (χ3v) is 7.80. The molecule has 0 saturated heterocycles. The van der Waals surface area contributed by atoms with Gasteiger partial charge in [0.05, 0.1) is 12.2 Å². The minimum absolute atomic E-state index is 0.0941. The third-order valence-electron chi connectivity index (χ3n) is 5.95. The summed E-state index contributed by atoms with van der Waals surface area (Å²) in [6.07, 6.45) is 1.33. The second-order valence-electron chi connectivity index (χ2n) is 9.46. The van der Waals surface area contributed by atoms with Crippen LogP contribution in [0.1, 0.15) is 72.3 Å². The average molecular weight is 504 g/mol. The van der Waals surface area contributed by atoms with E-state index in [1.807, 2.05) is 39.8 Å². The Morgan fingerprint density at radius 1 is 1.06 bits per heavy atom. The fourth-order valence-corrected chi connectivity index (χ4v) is 5.07. The van der Waals surface area contributed by atoms with Gasteiger partial charge in [-0.1, -0.05) is 39.0 Å². The van der Waals surface area contributed by atoms with Crippen LogP contribution in [0.2, 0.25) is 0 Å². The van der Waals surface area contributed by atoms with E-state index in [-0.39, 0.29) is 36.2 Å². The first-order valence-electron chi connectivity index (χ1n) is 12.1. The van der Waals surface area contributed by atoms with Crippen molar-refractivity contribution in [3.05, 3.63) is 63.7 Å². The molecule has 2 rings (SSSR count). The average Bonchev–Trinajstić information content (AvgIpc) is 2.76. The van der Waals surface area contributed by atoms with Gasteiger partial charge >= 0.3 is 5.97 Å². The SMILES string of the molecule is CCOC(=O)[C@H](CC(C)C)NC(=O)c1cc(Cc2c(C)cc(CP(=O)(O)CC)cc2C)ccc1O. The van der Waals surface area contributed by atoms with Crippen molar-refractivity contribution in [2.45, 2.75) is 66.6 Å². The van der Waals surface area contributed by atoms with Gasteiger partial charge in [-0.05, 0) is 79.5 Å². The number of hydrogen-bond acceptors (Lipinski definition) is 5. The number of aromatic hydroxyl groups is 1. The van der Waals surface area contributed by atoms with Crippen LogP contribution in [0.15, 0.2) is 30.3 Å². The van der Waals surface area contributed by atoms with Crippen LogP contribution in [-0.4, -0.2) is 40.7 Å². The Balaban J connectivity index is 2.28. The van der Waals surface area contributed by atoms with E-state index in [0.29, 0.717) is 12.8 Å². The lowest BCUT2D eigenvalue weighted by Gasteiger charge is -2.20. The van der Waals surface area contributed by atoms with Gasteiger partial charge < -0.3 is 20.1 Å². The Bertz CT molecular complexity index is 1090. The lowest BCUT2D eigenvalue weighted by molar-refractivity contribution is -0.145. The van der Waals surface area contributed by atoms with Crippen LogP contribution in [-0.2, 0) is 26.7 Å². The Labute approximate surface area is 208 Å². The zero-order valence-electron chi connectivity index (χ0n) is 21.6. The van der Waals surface area contributed by atoms with E-state index in [4.69, 9.17) is 4.74 Å². The van der Waals surface area contributed by atoms with Crippen molar-refractivity contribution in [1.29, 1.82) is 0 Å². The molecule has 0 saturated carbocycles. The molecule has 1 unspecified atom stereocenters. The molecule has 0 aliphatic rings. The Morgan fingerprint density at radius 3 is 2.23 bits per heavy atom. The second-order valence-corrected chi connectivity index (χ2v) is 12.1. The normalized spacial score (nSPS) is 13.8. The van der Waals surface area contributed by atoms with E-state index in [2.05, 4.69) is 5.32 Å². The van der Waals surface area contributed by atoms with Gasteiger partial charge in [-0.25, -0.2) is 4.79 Å². The number of carbonyl (C=O) groups is 2. The zero-order valence-corrected chi connectivity index (χ0v) is 22.4. The highest BCUT2D eigenvalue weighted by Gasteiger charge is 2.25. The first-order valence-corrected chi connectivity index (χ1v) is 14.1. The van der Waals surface area contributed by atoms with Gasteiger partial charge in [0.1, 0.15) is 11.8 Å². The number of esters is 1. The summed E-state index contributed by atoms with van der Waals surface area (Å²) < 4.78 is 17.3. The van der Waals surface area contributed by atoms with Crippen molar-refractivity contribution in [3.8, 4) is 5.75 Å². The number of aryl methyl sites for hydroxylation is 2. The smallest absolute Gasteiger partial charge is 0.328 e. The van der Waals surface area contributed by atoms with Crippen LogP contribution in [0.4, 0.5) is 0 Å². The lowest BCUT2D eigenvalue weighted by atomic mass is 9.93. The number of ether oxygens (including phenoxy) is 1. The van der Waals surface area contributed by atoms with E-state index in [9.17, 15) is 24.2 Å². The molecule has 0 bridgehead atoms. The second kappa shape index (κ2) is 12.4. The minimum atomic E-state index is -3.18. The van der Waals surface area contributed by atoms with Crippen LogP contribution in [0.3, 0.4) is 0 Å². The van der Waals surface area contributed by atoms with Gasteiger partial charge in [0, 0.05) is 12.3 Å². The standard InChI is InChI=1S/C27H38NO6P/c1-7-34-27(31)24(11-17(3)4)28-26(30)23-15-20(9-10-25(23)29)14-22-18(5)12-21(13-19(22)6)16-35(32,33)8-2/h9-10,12-13,15,17,24,29H,7-8,11,14,16H2,1-6H3,(H,28,30)(H,32,33)/t24-/m0/s1. The van der Waals surface area contributed by atoms with Gasteiger partial charge in [-0.2, -0.15) is 0 Å². The minimum Gasteiger partial charge on any atom is -0.507 e. The topological polar surface area (TPSA) is 113 Å². The quantitative estimate of drug-likeness (QED) is 0.291. The van der Waals surface area contributed by atoms with Crippen molar-refractivity contribution in [2.24, 2.45) is 5.92 Å². The van der Waals surface area contributed by atoms with E-state index >= 15 is 0 Å². The van der Waals surface area contributed by atoms with Gasteiger partial charge in [0.2, 0.25) is 7.37 Å². The van der Waals surface area contributed by atoms with Crippen LogP contribution in [0.25, 0.3) is 0 Å². The molecule has 3 N–H and O–H groups in total. The fourth-order valence-electron chi connectivity index (χ4n) is 4.09. The Kier molecular flexibility index (Phi) is 10.1. The van der Waals surface area contributed by atoms with Crippen molar-refractivity contribution in [3.63, 3.8) is 0 Å². The highest BCUT2D eigenvalue weighted by atomic mass is 31.2. The summed E-state index contributed by atoms with van der Waals surface area (Å²) >= 11 is 0. The molecule has 8 heteroatoms. The molecule has 35 heavy (non-hydrogen) atoms. The number of phenolic OH excluding ortho intramolecular Hbond substituents is 1. The third kappa shape index (κ3) is 8.22. The molecule has 0 aliphatic carbocycles. The van der Waals surface area contributed by atoms with Crippen molar-refractivity contribution < 1.29 is 28.9 Å². The molecule has 0 aromatic heterocycles. The van der Waals surface area contributed by atoms with E-state index in [0.717, 1.165) is 27.8 Å². The fraction of sp³-hybridized carbons (Fsp3) is 0.481. The lowest BCUT2D eigenvalue weighted by Crippen LogP contribution is -2.42. The molecular formula is C27H38NO6P. The molecule has 2 atom stereocenters. The summed E-state index contributed by atoms with van der Waals surface area (Å²) in [5.74, 6) is -1.03. The number of benzene rings is 2. The number of carbonyl (C=O) groups excluding carboxylic acids is 2. The van der Waals surface area contributed by atoms with Crippen LogP contribution in [0.5, 0.6) is 5.75 Å². The maximum Gasteiger partial charge on any atom is 0.328 e. The summed E-state index contributed by atoms with van der Waals surface area (Å²) in [7, 11) is -3.18. The predicted molar refractivity (Wildman–Crippen MR) is 138 cm³/mol. The molecule has 2 aromatic rings. The number of hydrogen-bond donors (Lipinski definition) is 3. The van der Waals surface area contributed by atoms with Gasteiger partial charge in [-0.3, -0.25) is 9.36 Å². The largest absolute Gasteiger partial charge is 0.507 e. The van der Waals surface area contributed by atoms with Crippen LogP contribution < -0.4 is 5.32 Å². The molecular weight excluding hydrogens is 465 g/mol. The summed E-state index contributed by atoms with van der Waals surface area (Å²) in [6.45, 7) is 11.5. The van der Waals surface area contributed by atoms with E-state index in [1.165, 1.54) is 6.07 Å². The molecule has 0 spiro atoms. The molecule has 192 valence electrons. The molecule has 0 radical (unpaired) electrons. The van der Waals surface area contributed by atoms with E-state index < -0.39 is 25.3 Å². The van der Waals surface area contributed by atoms with Crippen molar-refractivity contribution in [1.82, 2.24) is 5.32 Å². The van der Waals surface area contributed by atoms with Gasteiger partial charge in [0.25, 0.3) is 5.91 Å². The summed E-state index contributed by atoms with van der Waals surface area (Å²) in [5, 5.41) is 13.1. The molecule has 0 aliphatic heterocycles. The number of amides is 1. The van der Waals surface area contributed by atoms with Crippen LogP contribution in [0, 0.1) is 19.8 Å². The monoisotopic (exact) mass is 503 g/mol. The summed E-state index contributed by atoms with van der Waals surface area (Å²) in [4.78, 5) is 35.3. The summed E-state index contributed by atoms with van der Waals surface area (Å²) in [6, 6.07) is 7.94. The molecule has 1 amide bonds. The van der Waals surface area contributed by atoms with Gasteiger partial charge in [0.15, 0.2) is 0 Å². The zero-order chi connectivity index (χ0) is 26.3. The molecule has 7 nitrogen and oxygen atoms in total. The number of rotatable bonds is 11. The molecule has 0 heterocycles. The first-order chi connectivity index (χ1) is 16.4.